The summed E-state index contributed by atoms with van der Waals surface area (Å²) in [6.07, 6.45) is 1.49. The average molecular weight is 251 g/mol. The maximum atomic E-state index is 11.5. The minimum absolute atomic E-state index is 0.0312. The van der Waals surface area contributed by atoms with Gasteiger partial charge in [0.15, 0.2) is 6.61 Å². The van der Waals surface area contributed by atoms with Gasteiger partial charge >= 0.3 is 0 Å². The third-order valence-electron chi connectivity index (χ3n) is 2.61. The Hall–Kier alpha value is -1.55. The van der Waals surface area contributed by atoms with Crippen LogP contribution in [0.3, 0.4) is 0 Å². The predicted octanol–water partition coefficient (Wildman–Crippen LogP) is 1.57. The molecule has 18 heavy (non-hydrogen) atoms. The number of aryl methyl sites for hydroxylation is 2. The summed E-state index contributed by atoms with van der Waals surface area (Å²) in [7, 11) is 0. The molecule has 0 aliphatic heterocycles. The standard InChI is InChI=1S/C14H21NO3/c1-11-5-6-12(2)13(9-11)18-10-14(17)15-7-3-4-8-16/h5-6,9,16H,3-4,7-8,10H2,1-2H3,(H,15,17). The molecular formula is C14H21NO3. The lowest BCUT2D eigenvalue weighted by Gasteiger charge is -2.10. The molecule has 2 N–H and O–H groups in total. The van der Waals surface area contributed by atoms with Gasteiger partial charge in [-0.25, -0.2) is 0 Å². The van der Waals surface area contributed by atoms with Gasteiger partial charge in [-0.2, -0.15) is 0 Å². The molecule has 0 saturated carbocycles. The first kappa shape index (κ1) is 14.5. The summed E-state index contributed by atoms with van der Waals surface area (Å²) < 4.78 is 5.47. The van der Waals surface area contributed by atoms with Gasteiger partial charge < -0.3 is 15.2 Å². The van der Waals surface area contributed by atoms with Gasteiger partial charge in [0, 0.05) is 13.2 Å². The summed E-state index contributed by atoms with van der Waals surface area (Å²) in [5, 5.41) is 11.3. The van der Waals surface area contributed by atoms with E-state index in [4.69, 9.17) is 9.84 Å². The van der Waals surface area contributed by atoms with Crippen LogP contribution < -0.4 is 10.1 Å². The SMILES string of the molecule is Cc1ccc(C)c(OCC(=O)NCCCCO)c1. The van der Waals surface area contributed by atoms with Crippen molar-refractivity contribution in [1.82, 2.24) is 5.32 Å². The number of carbonyl (C=O) groups is 1. The topological polar surface area (TPSA) is 58.6 Å². The van der Waals surface area contributed by atoms with Gasteiger partial charge in [-0.05, 0) is 43.9 Å². The van der Waals surface area contributed by atoms with Crippen LogP contribution in [0.4, 0.5) is 0 Å². The average Bonchev–Trinajstić information content (AvgIpc) is 2.36. The number of benzene rings is 1. The van der Waals surface area contributed by atoms with Gasteiger partial charge in [0.25, 0.3) is 5.91 Å². The molecule has 4 nitrogen and oxygen atoms in total. The van der Waals surface area contributed by atoms with E-state index in [0.717, 1.165) is 23.3 Å². The molecule has 0 unspecified atom stereocenters. The number of nitrogens with one attached hydrogen (secondary N) is 1. The van der Waals surface area contributed by atoms with E-state index in [1.807, 2.05) is 32.0 Å². The first-order valence-corrected chi connectivity index (χ1v) is 6.21. The number of aliphatic hydroxyl groups excluding tert-OH is 1. The van der Waals surface area contributed by atoms with Gasteiger partial charge in [-0.15, -0.1) is 0 Å². The number of amides is 1. The molecule has 1 aromatic rings. The van der Waals surface area contributed by atoms with E-state index in [9.17, 15) is 4.79 Å². The quantitative estimate of drug-likeness (QED) is 0.723. The van der Waals surface area contributed by atoms with E-state index in [-0.39, 0.29) is 19.1 Å². The summed E-state index contributed by atoms with van der Waals surface area (Å²) in [5.41, 5.74) is 2.13. The Balaban J connectivity index is 2.31. The molecule has 4 heteroatoms. The zero-order valence-electron chi connectivity index (χ0n) is 11.0. The molecule has 0 saturated heterocycles. The second-order valence-electron chi connectivity index (χ2n) is 4.34. The molecule has 1 rings (SSSR count). The van der Waals surface area contributed by atoms with Gasteiger partial charge in [0.2, 0.25) is 0 Å². The van der Waals surface area contributed by atoms with Crippen LogP contribution in [0.25, 0.3) is 0 Å². The molecule has 0 aliphatic rings. The molecule has 0 radical (unpaired) electrons. The lowest BCUT2D eigenvalue weighted by molar-refractivity contribution is -0.123. The highest BCUT2D eigenvalue weighted by Crippen LogP contribution is 2.18. The molecule has 1 amide bonds. The van der Waals surface area contributed by atoms with Crippen LogP contribution in [0.2, 0.25) is 0 Å². The van der Waals surface area contributed by atoms with Crippen molar-refractivity contribution in [1.29, 1.82) is 0 Å². The normalized spacial score (nSPS) is 10.2. The number of rotatable bonds is 7. The Labute approximate surface area is 108 Å². The fourth-order valence-corrected chi connectivity index (χ4v) is 1.52. The third-order valence-corrected chi connectivity index (χ3v) is 2.61. The Kier molecular flexibility index (Phi) is 6.22. The largest absolute Gasteiger partial charge is 0.483 e. The highest BCUT2D eigenvalue weighted by molar-refractivity contribution is 5.77. The van der Waals surface area contributed by atoms with Crippen LogP contribution in [-0.2, 0) is 4.79 Å². The fraction of sp³-hybridized carbons (Fsp3) is 0.500. The van der Waals surface area contributed by atoms with Crippen LogP contribution in [0.15, 0.2) is 18.2 Å². The van der Waals surface area contributed by atoms with Crippen molar-refractivity contribution in [3.05, 3.63) is 29.3 Å². The third kappa shape index (κ3) is 5.19. The molecule has 0 heterocycles. The lowest BCUT2D eigenvalue weighted by atomic mass is 10.1. The van der Waals surface area contributed by atoms with E-state index in [2.05, 4.69) is 5.32 Å². The fourth-order valence-electron chi connectivity index (χ4n) is 1.52. The molecule has 0 spiro atoms. The minimum atomic E-state index is -0.131. The summed E-state index contributed by atoms with van der Waals surface area (Å²) in [5.74, 6) is 0.620. The Morgan fingerprint density at radius 1 is 1.33 bits per heavy atom. The summed E-state index contributed by atoms with van der Waals surface area (Å²) in [6.45, 7) is 4.71. The number of unbranched alkanes of at least 4 members (excludes halogenated alkanes) is 1. The zero-order chi connectivity index (χ0) is 13.4. The van der Waals surface area contributed by atoms with Crippen molar-refractivity contribution in [3.63, 3.8) is 0 Å². The van der Waals surface area contributed by atoms with Crippen LogP contribution in [0, 0.1) is 13.8 Å². The van der Waals surface area contributed by atoms with Gasteiger partial charge in [-0.1, -0.05) is 12.1 Å². The van der Waals surface area contributed by atoms with Gasteiger partial charge in [0.05, 0.1) is 0 Å². The van der Waals surface area contributed by atoms with Crippen LogP contribution in [0.1, 0.15) is 24.0 Å². The predicted molar refractivity (Wildman–Crippen MR) is 70.7 cm³/mol. The second kappa shape index (κ2) is 7.71. The van der Waals surface area contributed by atoms with Crippen molar-refractivity contribution in [3.8, 4) is 5.75 Å². The first-order chi connectivity index (χ1) is 8.63. The van der Waals surface area contributed by atoms with Crippen LogP contribution >= 0.6 is 0 Å². The van der Waals surface area contributed by atoms with E-state index in [1.54, 1.807) is 0 Å². The van der Waals surface area contributed by atoms with Gasteiger partial charge in [-0.3, -0.25) is 4.79 Å². The van der Waals surface area contributed by atoms with Crippen molar-refractivity contribution < 1.29 is 14.6 Å². The maximum Gasteiger partial charge on any atom is 0.257 e. The van der Waals surface area contributed by atoms with Crippen LogP contribution in [0.5, 0.6) is 5.75 Å². The monoisotopic (exact) mass is 251 g/mol. The maximum absolute atomic E-state index is 11.5. The molecule has 1 aromatic carbocycles. The van der Waals surface area contributed by atoms with Crippen molar-refractivity contribution in [2.45, 2.75) is 26.7 Å². The smallest absolute Gasteiger partial charge is 0.257 e. The highest BCUT2D eigenvalue weighted by Gasteiger charge is 2.04. The summed E-state index contributed by atoms with van der Waals surface area (Å²) in [4.78, 5) is 11.5. The van der Waals surface area contributed by atoms with Crippen LogP contribution in [-0.4, -0.2) is 30.8 Å². The van der Waals surface area contributed by atoms with E-state index >= 15 is 0 Å². The molecule has 0 aliphatic carbocycles. The highest BCUT2D eigenvalue weighted by atomic mass is 16.5. The zero-order valence-corrected chi connectivity index (χ0v) is 11.0. The van der Waals surface area contributed by atoms with Gasteiger partial charge in [0.1, 0.15) is 5.75 Å². The van der Waals surface area contributed by atoms with E-state index < -0.39 is 0 Å². The summed E-state index contributed by atoms with van der Waals surface area (Å²) >= 11 is 0. The Bertz CT molecular complexity index is 391. The molecule has 0 aromatic heterocycles. The van der Waals surface area contributed by atoms with Crippen molar-refractivity contribution >= 4 is 5.91 Å². The Morgan fingerprint density at radius 3 is 2.83 bits per heavy atom. The number of aliphatic hydroxyl groups is 1. The molecule has 0 bridgehead atoms. The molecular weight excluding hydrogens is 230 g/mol. The van der Waals surface area contributed by atoms with Crippen molar-refractivity contribution in [2.24, 2.45) is 0 Å². The lowest BCUT2D eigenvalue weighted by Crippen LogP contribution is -2.29. The first-order valence-electron chi connectivity index (χ1n) is 6.21. The van der Waals surface area contributed by atoms with Crippen molar-refractivity contribution in [2.75, 3.05) is 19.8 Å². The van der Waals surface area contributed by atoms with E-state index in [1.165, 1.54) is 0 Å². The number of carbonyl (C=O) groups excluding carboxylic acids is 1. The number of ether oxygens (including phenoxy) is 1. The molecule has 100 valence electrons. The molecule has 0 atom stereocenters. The van der Waals surface area contributed by atoms with E-state index in [0.29, 0.717) is 13.0 Å². The second-order valence-corrected chi connectivity index (χ2v) is 4.34. The number of hydrogen-bond donors (Lipinski definition) is 2. The minimum Gasteiger partial charge on any atom is -0.483 e. The number of hydrogen-bond acceptors (Lipinski definition) is 3. The Morgan fingerprint density at radius 2 is 2.11 bits per heavy atom. The summed E-state index contributed by atoms with van der Waals surface area (Å²) in [6, 6.07) is 5.91. The molecule has 0 fully saturated rings.